The van der Waals surface area contributed by atoms with Crippen LogP contribution < -0.4 is 15.2 Å². The minimum atomic E-state index is -0.110. The number of aryl methyl sites for hydroxylation is 2. The van der Waals surface area contributed by atoms with Gasteiger partial charge in [0.25, 0.3) is 5.91 Å². The highest BCUT2D eigenvalue weighted by atomic mass is 16.1. The predicted octanol–water partition coefficient (Wildman–Crippen LogP) is 1.80. The highest BCUT2D eigenvalue weighted by Crippen LogP contribution is 2.23. The summed E-state index contributed by atoms with van der Waals surface area (Å²) in [5, 5.41) is 10.4. The summed E-state index contributed by atoms with van der Waals surface area (Å²) < 4.78 is 5.83. The summed E-state index contributed by atoms with van der Waals surface area (Å²) in [4.78, 5) is 17.0. The molecule has 4 rings (SSSR count). The fraction of sp³-hybridized carbons (Fsp3) is 0.238. The zero-order valence-corrected chi connectivity index (χ0v) is 16.8. The van der Waals surface area contributed by atoms with Gasteiger partial charge in [0.15, 0.2) is 18.9 Å². The first-order valence-electron chi connectivity index (χ1n) is 9.48. The van der Waals surface area contributed by atoms with Gasteiger partial charge in [0.1, 0.15) is 5.65 Å². The maximum Gasteiger partial charge on any atom is 0.251 e. The van der Waals surface area contributed by atoms with Crippen molar-refractivity contribution in [2.24, 2.45) is 7.05 Å². The summed E-state index contributed by atoms with van der Waals surface area (Å²) >= 11 is 0. The Balaban J connectivity index is 1.46. The van der Waals surface area contributed by atoms with Gasteiger partial charge in [0.2, 0.25) is 0 Å². The van der Waals surface area contributed by atoms with Crippen LogP contribution in [0.3, 0.4) is 0 Å². The first-order valence-corrected chi connectivity index (χ1v) is 9.48. The zero-order valence-electron chi connectivity index (χ0n) is 16.8. The molecule has 8 nitrogen and oxygen atoms in total. The van der Waals surface area contributed by atoms with Crippen LogP contribution in [0.15, 0.2) is 55.2 Å². The Kier molecular flexibility index (Phi) is 4.99. The van der Waals surface area contributed by atoms with Crippen LogP contribution in [-0.2, 0) is 13.6 Å². The van der Waals surface area contributed by atoms with E-state index in [1.165, 1.54) is 0 Å². The molecule has 0 saturated heterocycles. The third-order valence-corrected chi connectivity index (χ3v) is 4.98. The Hall–Kier alpha value is -3.68. The quantitative estimate of drug-likeness (QED) is 0.492. The van der Waals surface area contributed by atoms with Gasteiger partial charge in [0.05, 0.1) is 30.3 Å². The Morgan fingerprint density at radius 1 is 1.21 bits per heavy atom. The first-order chi connectivity index (χ1) is 14.1. The number of carbonyl (C=O) groups is 1. The number of rotatable bonds is 6. The normalized spacial score (nSPS) is 11.0. The van der Waals surface area contributed by atoms with E-state index in [9.17, 15) is 4.79 Å². The molecule has 4 heterocycles. The molecule has 0 radical (unpaired) electrons. The van der Waals surface area contributed by atoms with Gasteiger partial charge in [-0.3, -0.25) is 13.9 Å². The maximum absolute atomic E-state index is 12.5. The van der Waals surface area contributed by atoms with Crippen molar-refractivity contribution in [3.8, 4) is 11.4 Å². The molecule has 0 spiro atoms. The average Bonchev–Trinajstić information content (AvgIpc) is 3.30. The van der Waals surface area contributed by atoms with E-state index in [0.29, 0.717) is 18.7 Å². The SMILES string of the molecule is CNc1cc[n+](CCNC(=O)c2ccn3c(-c4c(C)cnn4C)cnc3c2)cc1. The fourth-order valence-corrected chi connectivity index (χ4v) is 3.39. The average molecular weight is 390 g/mol. The number of imidazole rings is 1. The molecule has 0 aliphatic heterocycles. The maximum atomic E-state index is 12.5. The molecule has 0 saturated carbocycles. The second-order valence-electron chi connectivity index (χ2n) is 6.92. The van der Waals surface area contributed by atoms with E-state index >= 15 is 0 Å². The predicted molar refractivity (Wildman–Crippen MR) is 111 cm³/mol. The lowest BCUT2D eigenvalue weighted by molar-refractivity contribution is -0.694. The lowest BCUT2D eigenvalue weighted by Gasteiger charge is -2.07. The summed E-state index contributed by atoms with van der Waals surface area (Å²) in [5.74, 6) is -0.110. The molecule has 0 aliphatic carbocycles. The lowest BCUT2D eigenvalue weighted by Crippen LogP contribution is -2.40. The van der Waals surface area contributed by atoms with Crippen molar-refractivity contribution in [2.75, 3.05) is 18.9 Å². The summed E-state index contributed by atoms with van der Waals surface area (Å²) in [7, 11) is 3.80. The number of fused-ring (bicyclic) bond motifs is 1. The van der Waals surface area contributed by atoms with Crippen molar-refractivity contribution >= 4 is 17.2 Å². The van der Waals surface area contributed by atoms with Crippen LogP contribution in [0.4, 0.5) is 5.69 Å². The number of nitrogens with zero attached hydrogens (tertiary/aromatic N) is 5. The molecule has 0 unspecified atom stereocenters. The number of anilines is 1. The van der Waals surface area contributed by atoms with Crippen molar-refractivity contribution in [1.29, 1.82) is 0 Å². The lowest BCUT2D eigenvalue weighted by atomic mass is 10.2. The zero-order chi connectivity index (χ0) is 20.4. The van der Waals surface area contributed by atoms with Crippen molar-refractivity contribution in [2.45, 2.75) is 13.5 Å². The highest BCUT2D eigenvalue weighted by Gasteiger charge is 2.14. The van der Waals surface area contributed by atoms with Crippen LogP contribution >= 0.6 is 0 Å². The van der Waals surface area contributed by atoms with E-state index in [4.69, 9.17) is 0 Å². The molecule has 4 aromatic heterocycles. The smallest absolute Gasteiger partial charge is 0.251 e. The van der Waals surface area contributed by atoms with Gasteiger partial charge in [0, 0.05) is 43.7 Å². The molecule has 0 bridgehead atoms. The fourth-order valence-electron chi connectivity index (χ4n) is 3.39. The summed E-state index contributed by atoms with van der Waals surface area (Å²) in [6.07, 6.45) is 9.49. The number of aromatic nitrogens is 5. The van der Waals surface area contributed by atoms with Crippen LogP contribution in [0, 0.1) is 6.92 Å². The molecule has 1 amide bonds. The van der Waals surface area contributed by atoms with Crippen LogP contribution in [0.25, 0.3) is 17.0 Å². The van der Waals surface area contributed by atoms with Crippen LogP contribution in [0.1, 0.15) is 15.9 Å². The number of pyridine rings is 2. The monoisotopic (exact) mass is 390 g/mol. The Morgan fingerprint density at radius 2 is 2.00 bits per heavy atom. The Bertz CT molecular complexity index is 1140. The third kappa shape index (κ3) is 3.69. The van der Waals surface area contributed by atoms with Gasteiger partial charge < -0.3 is 10.6 Å². The van der Waals surface area contributed by atoms with E-state index in [0.717, 1.165) is 28.3 Å². The van der Waals surface area contributed by atoms with E-state index < -0.39 is 0 Å². The molecule has 4 aromatic rings. The molecule has 8 heteroatoms. The number of nitrogens with one attached hydrogen (secondary N) is 2. The summed E-state index contributed by atoms with van der Waals surface area (Å²) in [6, 6.07) is 7.61. The topological polar surface area (TPSA) is 80.1 Å². The number of amides is 1. The number of hydrogen-bond donors (Lipinski definition) is 2. The second kappa shape index (κ2) is 7.75. The van der Waals surface area contributed by atoms with Crippen molar-refractivity contribution in [3.63, 3.8) is 0 Å². The van der Waals surface area contributed by atoms with Gasteiger partial charge in [-0.05, 0) is 24.6 Å². The van der Waals surface area contributed by atoms with Gasteiger partial charge in [-0.2, -0.15) is 5.10 Å². The van der Waals surface area contributed by atoms with Crippen molar-refractivity contribution < 1.29 is 9.36 Å². The molecular weight excluding hydrogens is 366 g/mol. The number of carbonyl (C=O) groups excluding carboxylic acids is 1. The summed E-state index contributed by atoms with van der Waals surface area (Å²) in [5.41, 5.74) is 5.41. The van der Waals surface area contributed by atoms with E-state index in [2.05, 4.69) is 20.7 Å². The minimum Gasteiger partial charge on any atom is -0.388 e. The van der Waals surface area contributed by atoms with Crippen molar-refractivity contribution in [3.05, 3.63) is 66.4 Å². The van der Waals surface area contributed by atoms with E-state index in [1.807, 2.05) is 83.9 Å². The molecule has 29 heavy (non-hydrogen) atoms. The Labute approximate surface area is 168 Å². The van der Waals surface area contributed by atoms with Gasteiger partial charge >= 0.3 is 0 Å². The number of hydrogen-bond acceptors (Lipinski definition) is 4. The van der Waals surface area contributed by atoms with Gasteiger partial charge in [-0.25, -0.2) is 9.55 Å². The van der Waals surface area contributed by atoms with Gasteiger partial charge in [-0.1, -0.05) is 0 Å². The van der Waals surface area contributed by atoms with E-state index in [-0.39, 0.29) is 5.91 Å². The minimum absolute atomic E-state index is 0.110. The Morgan fingerprint density at radius 3 is 2.69 bits per heavy atom. The van der Waals surface area contributed by atoms with Crippen LogP contribution in [0.2, 0.25) is 0 Å². The van der Waals surface area contributed by atoms with Crippen LogP contribution in [0.5, 0.6) is 0 Å². The standard InChI is InChI=1S/C21H23N7O/c1-15-13-25-26(3)20(15)18-14-24-19-12-16(4-10-28(18)19)21(29)23-7-11-27-8-5-17(22-2)6-9-27/h4-6,8-10,12-14H,7,11H2,1-3H3,(H,23,29)/p+1. The molecule has 0 aromatic carbocycles. The second-order valence-corrected chi connectivity index (χ2v) is 6.92. The van der Waals surface area contributed by atoms with Crippen molar-refractivity contribution in [1.82, 2.24) is 24.5 Å². The molecule has 0 atom stereocenters. The molecular formula is C21H24N7O+. The first kappa shape index (κ1) is 18.7. The molecule has 148 valence electrons. The molecule has 0 aliphatic rings. The third-order valence-electron chi connectivity index (χ3n) is 4.98. The van der Waals surface area contributed by atoms with Crippen LogP contribution in [-0.4, -0.2) is 38.7 Å². The van der Waals surface area contributed by atoms with E-state index in [1.54, 1.807) is 6.07 Å². The van der Waals surface area contributed by atoms with Gasteiger partial charge in [-0.15, -0.1) is 0 Å². The highest BCUT2D eigenvalue weighted by molar-refractivity contribution is 5.95. The largest absolute Gasteiger partial charge is 0.388 e. The molecule has 2 N–H and O–H groups in total. The molecule has 0 fully saturated rings. The summed E-state index contributed by atoms with van der Waals surface area (Å²) in [6.45, 7) is 3.26.